The fraction of sp³-hybridized carbons (Fsp3) is 0.455. The molecule has 2 aliphatic rings. The Kier molecular flexibility index (Phi) is 5.22. The fourth-order valence-corrected chi connectivity index (χ4v) is 4.20. The number of hydrogen-bond acceptors (Lipinski definition) is 3. The maximum absolute atomic E-state index is 5.98. The molecule has 2 aromatic rings. The highest BCUT2D eigenvalue weighted by Crippen LogP contribution is 2.33. The van der Waals surface area contributed by atoms with Gasteiger partial charge in [0.05, 0.1) is 6.61 Å². The van der Waals surface area contributed by atoms with Crippen LogP contribution in [0.4, 0.5) is 0 Å². The van der Waals surface area contributed by atoms with Gasteiger partial charge >= 0.3 is 0 Å². The summed E-state index contributed by atoms with van der Waals surface area (Å²) in [6, 6.07) is 17.8. The molecule has 3 heteroatoms. The van der Waals surface area contributed by atoms with Crippen LogP contribution in [-0.4, -0.2) is 31.1 Å². The van der Waals surface area contributed by atoms with Crippen LogP contribution in [0.15, 0.2) is 54.6 Å². The van der Waals surface area contributed by atoms with Crippen LogP contribution in [0, 0.1) is 11.8 Å². The van der Waals surface area contributed by atoms with Gasteiger partial charge in [-0.1, -0.05) is 18.2 Å². The van der Waals surface area contributed by atoms with Gasteiger partial charge in [0, 0.05) is 6.54 Å². The van der Waals surface area contributed by atoms with Gasteiger partial charge < -0.3 is 14.4 Å². The largest absolute Gasteiger partial charge is 0.494 e. The summed E-state index contributed by atoms with van der Waals surface area (Å²) in [5.74, 6) is 4.37. The molecule has 2 aromatic carbocycles. The second-order valence-corrected chi connectivity index (χ2v) is 7.28. The van der Waals surface area contributed by atoms with Crippen LogP contribution in [0.3, 0.4) is 0 Å². The number of piperidine rings is 2. The van der Waals surface area contributed by atoms with Gasteiger partial charge in [0.15, 0.2) is 0 Å². The molecule has 0 aromatic heterocycles. The van der Waals surface area contributed by atoms with E-state index >= 15 is 0 Å². The Morgan fingerprint density at radius 2 is 1.60 bits per heavy atom. The van der Waals surface area contributed by atoms with Gasteiger partial charge in [-0.3, -0.25) is 0 Å². The monoisotopic (exact) mass is 337 g/mol. The lowest BCUT2D eigenvalue weighted by atomic mass is 9.78. The van der Waals surface area contributed by atoms with E-state index in [1.54, 1.807) is 0 Å². The molecular weight excluding hydrogens is 310 g/mol. The number of para-hydroxylation sites is 1. The van der Waals surface area contributed by atoms with Crippen LogP contribution < -0.4 is 9.47 Å². The molecular formula is C22H27NO2. The summed E-state index contributed by atoms with van der Waals surface area (Å²) in [4.78, 5) is 2.64. The van der Waals surface area contributed by atoms with E-state index in [0.29, 0.717) is 0 Å². The van der Waals surface area contributed by atoms with E-state index in [4.69, 9.17) is 9.47 Å². The minimum absolute atomic E-state index is 0.819. The average Bonchev–Trinajstić information content (AvgIpc) is 2.66. The molecule has 132 valence electrons. The molecule has 2 aliphatic heterocycles. The maximum atomic E-state index is 5.98. The molecule has 0 saturated carbocycles. The summed E-state index contributed by atoms with van der Waals surface area (Å²) in [5.41, 5.74) is 0. The van der Waals surface area contributed by atoms with Crippen molar-refractivity contribution in [3.8, 4) is 17.2 Å². The number of hydrogen-bond donors (Lipinski definition) is 0. The predicted octanol–water partition coefficient (Wildman–Crippen LogP) is 4.98. The molecule has 2 saturated heterocycles. The van der Waals surface area contributed by atoms with Crippen molar-refractivity contribution in [2.45, 2.75) is 25.7 Å². The minimum Gasteiger partial charge on any atom is -0.494 e. The molecule has 4 rings (SSSR count). The van der Waals surface area contributed by atoms with Gasteiger partial charge in [-0.15, -0.1) is 0 Å². The van der Waals surface area contributed by atoms with Gasteiger partial charge in [-0.2, -0.15) is 0 Å². The topological polar surface area (TPSA) is 21.7 Å². The third kappa shape index (κ3) is 4.35. The number of fused-ring (bicyclic) bond motifs is 2. The summed E-state index contributed by atoms with van der Waals surface area (Å²) in [7, 11) is 0. The number of ether oxygens (including phenoxy) is 2. The van der Waals surface area contributed by atoms with Gasteiger partial charge in [-0.25, -0.2) is 0 Å². The fourth-order valence-electron chi connectivity index (χ4n) is 4.20. The van der Waals surface area contributed by atoms with Gasteiger partial charge in [0.2, 0.25) is 0 Å². The number of rotatable bonds is 6. The van der Waals surface area contributed by atoms with Gasteiger partial charge in [-0.05, 0) is 87.0 Å². The highest BCUT2D eigenvalue weighted by atomic mass is 16.5. The van der Waals surface area contributed by atoms with E-state index in [-0.39, 0.29) is 0 Å². The minimum atomic E-state index is 0.819. The first-order chi connectivity index (χ1) is 12.4. The standard InChI is InChI=1S/C22H27NO2/c1-2-6-21(7-3-1)25-22-10-8-20(9-11-22)24-16-13-18-12-15-23-14-4-5-19(18)17-23/h1-3,6-11,18-19H,4-5,12-17H2. The highest BCUT2D eigenvalue weighted by Gasteiger charge is 2.31. The van der Waals surface area contributed by atoms with Crippen molar-refractivity contribution in [3.05, 3.63) is 54.6 Å². The van der Waals surface area contributed by atoms with Crippen molar-refractivity contribution in [1.82, 2.24) is 4.90 Å². The summed E-state index contributed by atoms with van der Waals surface area (Å²) < 4.78 is 11.8. The first kappa shape index (κ1) is 16.5. The van der Waals surface area contributed by atoms with Gasteiger partial charge in [0.25, 0.3) is 0 Å². The van der Waals surface area contributed by atoms with Crippen LogP contribution in [0.2, 0.25) is 0 Å². The normalized spacial score (nSPS) is 25.4. The quantitative estimate of drug-likeness (QED) is 0.742. The Labute approximate surface area is 150 Å². The molecule has 0 amide bonds. The van der Waals surface area contributed by atoms with Crippen molar-refractivity contribution in [2.24, 2.45) is 11.8 Å². The lowest BCUT2D eigenvalue weighted by Gasteiger charge is -2.42. The number of nitrogens with zero attached hydrogens (tertiary/aromatic N) is 1. The van der Waals surface area contributed by atoms with Crippen LogP contribution in [0.5, 0.6) is 17.2 Å². The van der Waals surface area contributed by atoms with Crippen LogP contribution >= 0.6 is 0 Å². The Bertz CT molecular complexity index is 655. The van der Waals surface area contributed by atoms with E-state index < -0.39 is 0 Å². The molecule has 2 bridgehead atoms. The van der Waals surface area contributed by atoms with Crippen LogP contribution in [-0.2, 0) is 0 Å². The lowest BCUT2D eigenvalue weighted by molar-refractivity contribution is 0.0626. The van der Waals surface area contributed by atoms with Crippen molar-refractivity contribution >= 4 is 0 Å². The van der Waals surface area contributed by atoms with Crippen molar-refractivity contribution in [3.63, 3.8) is 0 Å². The lowest BCUT2D eigenvalue weighted by Crippen LogP contribution is -2.44. The van der Waals surface area contributed by atoms with Crippen LogP contribution in [0.25, 0.3) is 0 Å². The Morgan fingerprint density at radius 3 is 2.44 bits per heavy atom. The van der Waals surface area contributed by atoms with Gasteiger partial charge in [0.1, 0.15) is 17.2 Å². The van der Waals surface area contributed by atoms with E-state index in [1.807, 2.05) is 54.6 Å². The second kappa shape index (κ2) is 7.92. The Hall–Kier alpha value is -2.00. The van der Waals surface area contributed by atoms with Crippen molar-refractivity contribution in [1.29, 1.82) is 0 Å². The summed E-state index contributed by atoms with van der Waals surface area (Å²) in [6.45, 7) is 4.74. The van der Waals surface area contributed by atoms with Crippen molar-refractivity contribution in [2.75, 3.05) is 26.2 Å². The van der Waals surface area contributed by atoms with E-state index in [9.17, 15) is 0 Å². The molecule has 0 spiro atoms. The molecule has 0 radical (unpaired) electrons. The molecule has 2 heterocycles. The first-order valence-corrected chi connectivity index (χ1v) is 9.55. The van der Waals surface area contributed by atoms with E-state index in [0.717, 1.165) is 35.7 Å². The van der Waals surface area contributed by atoms with Crippen molar-refractivity contribution < 1.29 is 9.47 Å². The van der Waals surface area contributed by atoms with Crippen LogP contribution in [0.1, 0.15) is 25.7 Å². The summed E-state index contributed by atoms with van der Waals surface area (Å²) >= 11 is 0. The molecule has 0 N–H and O–H groups in total. The zero-order valence-electron chi connectivity index (χ0n) is 14.8. The SMILES string of the molecule is c1ccc(Oc2ccc(OCCC3CCN4CCCC3C4)cc2)cc1. The Morgan fingerprint density at radius 1 is 0.840 bits per heavy atom. The summed E-state index contributed by atoms with van der Waals surface area (Å²) in [6.07, 6.45) is 5.32. The molecule has 0 aliphatic carbocycles. The molecule has 3 nitrogen and oxygen atoms in total. The smallest absolute Gasteiger partial charge is 0.127 e. The zero-order valence-corrected chi connectivity index (χ0v) is 14.8. The van der Waals surface area contributed by atoms with E-state index in [2.05, 4.69) is 4.90 Å². The zero-order chi connectivity index (χ0) is 16.9. The predicted molar refractivity (Wildman–Crippen MR) is 100 cm³/mol. The third-order valence-corrected chi connectivity index (χ3v) is 5.58. The third-order valence-electron chi connectivity index (χ3n) is 5.58. The molecule has 3 unspecified atom stereocenters. The highest BCUT2D eigenvalue weighted by molar-refractivity contribution is 5.35. The summed E-state index contributed by atoms with van der Waals surface area (Å²) in [5, 5.41) is 0. The number of benzene rings is 2. The molecule has 2 fully saturated rings. The maximum Gasteiger partial charge on any atom is 0.127 e. The molecule has 3 atom stereocenters. The molecule has 25 heavy (non-hydrogen) atoms. The average molecular weight is 337 g/mol. The first-order valence-electron chi connectivity index (χ1n) is 9.55. The Balaban J connectivity index is 1.24. The van der Waals surface area contributed by atoms with E-state index in [1.165, 1.54) is 45.3 Å². The second-order valence-electron chi connectivity index (χ2n) is 7.28.